The maximum atomic E-state index is 12.7. The van der Waals surface area contributed by atoms with Crippen LogP contribution in [0.15, 0.2) is 65.4 Å². The first kappa shape index (κ1) is 17.0. The van der Waals surface area contributed by atoms with Crippen LogP contribution in [0.3, 0.4) is 0 Å². The van der Waals surface area contributed by atoms with Crippen molar-refractivity contribution in [3.63, 3.8) is 0 Å². The molecule has 0 radical (unpaired) electrons. The van der Waals surface area contributed by atoms with Crippen LogP contribution in [0.25, 0.3) is 10.8 Å². The summed E-state index contributed by atoms with van der Waals surface area (Å²) in [5.41, 5.74) is 1.09. The van der Waals surface area contributed by atoms with Gasteiger partial charge in [0.25, 0.3) is 5.91 Å². The second-order valence-corrected chi connectivity index (χ2v) is 7.47. The summed E-state index contributed by atoms with van der Waals surface area (Å²) in [5, 5.41) is 2.23. The van der Waals surface area contributed by atoms with Crippen molar-refractivity contribution in [3.8, 4) is 5.75 Å². The van der Waals surface area contributed by atoms with Gasteiger partial charge in [0.05, 0.1) is 0 Å². The zero-order valence-electron chi connectivity index (χ0n) is 14.3. The maximum absolute atomic E-state index is 12.7. The van der Waals surface area contributed by atoms with Gasteiger partial charge in [-0.2, -0.15) is 0 Å². The van der Waals surface area contributed by atoms with Gasteiger partial charge in [0.2, 0.25) is 0 Å². The molecule has 0 aliphatic heterocycles. The molecule has 1 heterocycles. The Balaban J connectivity index is 1.42. The lowest BCUT2D eigenvalue weighted by Crippen LogP contribution is -2.36. The van der Waals surface area contributed by atoms with Crippen LogP contribution in [0, 0.1) is 0 Å². The summed E-state index contributed by atoms with van der Waals surface area (Å²) in [6.45, 7) is 0.671. The van der Waals surface area contributed by atoms with Gasteiger partial charge in [-0.3, -0.25) is 9.78 Å². The normalized spacial score (nSPS) is 13.6. The third-order valence-corrected chi connectivity index (χ3v) is 5.04. The fourth-order valence-electron chi connectivity index (χ4n) is 3.00. The quantitative estimate of drug-likeness (QED) is 0.597. The van der Waals surface area contributed by atoms with Gasteiger partial charge in [-0.15, -0.1) is 0 Å². The fourth-order valence-corrected chi connectivity index (χ4v) is 3.38. The number of amides is 1. The molecular weight excluding hydrogens is 392 g/mol. The smallest absolute Gasteiger partial charge is 0.261 e. The fraction of sp³-hybridized carbons (Fsp3) is 0.238. The van der Waals surface area contributed by atoms with E-state index in [1.165, 1.54) is 0 Å². The molecule has 26 heavy (non-hydrogen) atoms. The summed E-state index contributed by atoms with van der Waals surface area (Å²) in [7, 11) is 0. The molecule has 0 bridgehead atoms. The van der Waals surface area contributed by atoms with E-state index in [0.717, 1.165) is 33.7 Å². The largest absolute Gasteiger partial charge is 0.484 e. The van der Waals surface area contributed by atoms with E-state index in [1.807, 2.05) is 47.4 Å². The van der Waals surface area contributed by atoms with E-state index < -0.39 is 0 Å². The first-order chi connectivity index (χ1) is 12.7. The third kappa shape index (κ3) is 4.05. The summed E-state index contributed by atoms with van der Waals surface area (Å²) >= 11 is 3.48. The van der Waals surface area contributed by atoms with Gasteiger partial charge in [-0.05, 0) is 65.6 Å². The molecule has 2 aromatic carbocycles. The Hall–Kier alpha value is -2.40. The Morgan fingerprint density at radius 1 is 1.08 bits per heavy atom. The van der Waals surface area contributed by atoms with Crippen LogP contribution in [-0.4, -0.2) is 28.4 Å². The number of halogens is 1. The summed E-state index contributed by atoms with van der Waals surface area (Å²) in [6, 6.07) is 16.2. The zero-order valence-corrected chi connectivity index (χ0v) is 15.9. The molecule has 0 spiro atoms. The van der Waals surface area contributed by atoms with E-state index >= 15 is 0 Å². The van der Waals surface area contributed by atoms with Crippen LogP contribution in [0.4, 0.5) is 0 Å². The summed E-state index contributed by atoms with van der Waals surface area (Å²) < 4.78 is 6.83. The molecule has 0 atom stereocenters. The van der Waals surface area contributed by atoms with Crippen molar-refractivity contribution in [2.75, 3.05) is 6.61 Å². The second kappa shape index (κ2) is 7.46. The number of nitrogens with zero attached hydrogens (tertiary/aromatic N) is 2. The van der Waals surface area contributed by atoms with Gasteiger partial charge in [-0.1, -0.05) is 28.1 Å². The number of hydrogen-bond donors (Lipinski definition) is 0. The van der Waals surface area contributed by atoms with E-state index in [0.29, 0.717) is 18.3 Å². The molecule has 1 amide bonds. The Kier molecular flexibility index (Phi) is 4.89. The molecule has 1 aliphatic rings. The molecule has 4 rings (SSSR count). The predicted molar refractivity (Wildman–Crippen MR) is 105 cm³/mol. The molecule has 0 N–H and O–H groups in total. The lowest BCUT2D eigenvalue weighted by atomic mass is 10.1. The number of ether oxygens (including phenoxy) is 1. The number of aromatic nitrogens is 1. The highest BCUT2D eigenvalue weighted by atomic mass is 79.9. The SMILES string of the molecule is O=C(COc1ccc2cc(Br)ccc2c1)N(Cc1ccncc1)C1CC1. The first-order valence-electron chi connectivity index (χ1n) is 8.69. The third-order valence-electron chi connectivity index (χ3n) is 4.55. The van der Waals surface area contributed by atoms with Crippen LogP contribution >= 0.6 is 15.9 Å². The second-order valence-electron chi connectivity index (χ2n) is 6.55. The zero-order chi connectivity index (χ0) is 17.9. The van der Waals surface area contributed by atoms with Crippen LogP contribution in [0.2, 0.25) is 0 Å². The average molecular weight is 411 g/mol. The van der Waals surface area contributed by atoms with E-state index in [2.05, 4.69) is 27.0 Å². The Bertz CT molecular complexity index is 926. The molecule has 0 saturated heterocycles. The van der Waals surface area contributed by atoms with Crippen LogP contribution < -0.4 is 4.74 Å². The Labute approximate surface area is 160 Å². The molecule has 1 fully saturated rings. The molecule has 132 valence electrons. The van der Waals surface area contributed by atoms with Gasteiger partial charge in [-0.25, -0.2) is 0 Å². The van der Waals surface area contributed by atoms with Crippen molar-refractivity contribution in [2.24, 2.45) is 0 Å². The number of benzene rings is 2. The summed E-state index contributed by atoms with van der Waals surface area (Å²) in [6.07, 6.45) is 5.66. The van der Waals surface area contributed by atoms with Crippen LogP contribution in [0.5, 0.6) is 5.75 Å². The Morgan fingerprint density at radius 3 is 2.58 bits per heavy atom. The number of carbonyl (C=O) groups excluding carboxylic acids is 1. The standard InChI is InChI=1S/C21H19BrN2O2/c22-18-3-1-17-12-20(6-2-16(17)11-18)26-14-21(25)24(19-4-5-19)13-15-7-9-23-10-8-15/h1-3,6-12,19H,4-5,13-14H2. The van der Waals surface area contributed by atoms with E-state index in [9.17, 15) is 4.79 Å². The molecular formula is C21H19BrN2O2. The molecule has 5 heteroatoms. The van der Waals surface area contributed by atoms with Crippen molar-refractivity contribution in [1.82, 2.24) is 9.88 Å². The highest BCUT2D eigenvalue weighted by Crippen LogP contribution is 2.29. The molecule has 1 aromatic heterocycles. The minimum atomic E-state index is 0.0280. The highest BCUT2D eigenvalue weighted by molar-refractivity contribution is 9.10. The topological polar surface area (TPSA) is 42.4 Å². The monoisotopic (exact) mass is 410 g/mol. The van der Waals surface area contributed by atoms with Gasteiger partial charge in [0.15, 0.2) is 6.61 Å². The minimum Gasteiger partial charge on any atom is -0.484 e. The molecule has 1 saturated carbocycles. The highest BCUT2D eigenvalue weighted by Gasteiger charge is 2.32. The van der Waals surface area contributed by atoms with Gasteiger partial charge < -0.3 is 9.64 Å². The minimum absolute atomic E-state index is 0.0280. The number of rotatable bonds is 6. The summed E-state index contributed by atoms with van der Waals surface area (Å²) in [4.78, 5) is 18.6. The Morgan fingerprint density at radius 2 is 1.81 bits per heavy atom. The molecule has 4 nitrogen and oxygen atoms in total. The van der Waals surface area contributed by atoms with E-state index in [-0.39, 0.29) is 12.5 Å². The maximum Gasteiger partial charge on any atom is 0.261 e. The van der Waals surface area contributed by atoms with Gasteiger partial charge >= 0.3 is 0 Å². The average Bonchev–Trinajstić information content (AvgIpc) is 3.50. The van der Waals surface area contributed by atoms with Crippen LogP contribution in [0.1, 0.15) is 18.4 Å². The van der Waals surface area contributed by atoms with Crippen molar-refractivity contribution in [3.05, 3.63) is 71.0 Å². The predicted octanol–water partition coefficient (Wildman–Crippen LogP) is 4.57. The number of carbonyl (C=O) groups is 1. The van der Waals surface area contributed by atoms with Gasteiger partial charge in [0, 0.05) is 29.5 Å². The van der Waals surface area contributed by atoms with Crippen molar-refractivity contribution in [1.29, 1.82) is 0 Å². The van der Waals surface area contributed by atoms with E-state index in [1.54, 1.807) is 12.4 Å². The number of hydrogen-bond acceptors (Lipinski definition) is 3. The number of fused-ring (bicyclic) bond motifs is 1. The van der Waals surface area contributed by atoms with E-state index in [4.69, 9.17) is 4.74 Å². The van der Waals surface area contributed by atoms with Crippen molar-refractivity contribution >= 4 is 32.6 Å². The molecule has 0 unspecified atom stereocenters. The lowest BCUT2D eigenvalue weighted by molar-refractivity contribution is -0.134. The first-order valence-corrected chi connectivity index (χ1v) is 9.49. The molecule has 1 aliphatic carbocycles. The molecule has 3 aromatic rings. The van der Waals surface area contributed by atoms with Crippen molar-refractivity contribution < 1.29 is 9.53 Å². The lowest BCUT2D eigenvalue weighted by Gasteiger charge is -2.22. The van der Waals surface area contributed by atoms with Gasteiger partial charge in [0.1, 0.15) is 5.75 Å². The van der Waals surface area contributed by atoms with Crippen LogP contribution in [-0.2, 0) is 11.3 Å². The summed E-state index contributed by atoms with van der Waals surface area (Å²) in [5.74, 6) is 0.744. The number of pyridine rings is 1. The van der Waals surface area contributed by atoms with Crippen molar-refractivity contribution in [2.45, 2.75) is 25.4 Å².